The number of hydrogen-bond donors (Lipinski definition) is 2. The summed E-state index contributed by atoms with van der Waals surface area (Å²) in [5.74, 6) is 0. The molecule has 0 unspecified atom stereocenters. The second-order valence-electron chi connectivity index (χ2n) is 8.77. The molecule has 0 radical (unpaired) electrons. The van der Waals surface area contributed by atoms with E-state index in [4.69, 9.17) is 9.11 Å². The number of benzene rings is 2. The van der Waals surface area contributed by atoms with Crippen molar-refractivity contribution in [2.45, 2.75) is 50.9 Å². The van der Waals surface area contributed by atoms with Crippen LogP contribution in [-0.2, 0) is 33.3 Å². The van der Waals surface area contributed by atoms with Gasteiger partial charge < -0.3 is 4.90 Å². The summed E-state index contributed by atoms with van der Waals surface area (Å²) in [5, 5.41) is 0. The molecule has 0 saturated heterocycles. The minimum atomic E-state index is -3.67. The van der Waals surface area contributed by atoms with Crippen molar-refractivity contribution in [3.8, 4) is 0 Å². The van der Waals surface area contributed by atoms with E-state index in [2.05, 4.69) is 84.6 Å². The molecule has 34 heavy (non-hydrogen) atoms. The molecule has 0 aromatic heterocycles. The van der Waals surface area contributed by atoms with Gasteiger partial charge in [-0.2, -0.15) is 16.8 Å². The van der Waals surface area contributed by atoms with Gasteiger partial charge in [0, 0.05) is 25.2 Å². The van der Waals surface area contributed by atoms with Crippen LogP contribution >= 0.6 is 0 Å². The minimum Gasteiger partial charge on any atom is -0.306 e. The summed E-state index contributed by atoms with van der Waals surface area (Å²) in [6, 6.07) is 23.3. The molecule has 192 valence electrons. The zero-order valence-electron chi connectivity index (χ0n) is 20.4. The van der Waals surface area contributed by atoms with E-state index in [0.717, 1.165) is 19.1 Å². The van der Waals surface area contributed by atoms with E-state index < -0.39 is 20.2 Å². The Morgan fingerprint density at radius 1 is 0.676 bits per heavy atom. The summed E-state index contributed by atoms with van der Waals surface area (Å²) >= 11 is 0. The van der Waals surface area contributed by atoms with Gasteiger partial charge in [-0.3, -0.25) is 14.0 Å². The molecule has 1 aliphatic rings. The lowest BCUT2D eigenvalue weighted by Gasteiger charge is -2.39. The lowest BCUT2D eigenvalue weighted by atomic mass is 9.89. The van der Waals surface area contributed by atoms with Crippen LogP contribution in [0.4, 0.5) is 0 Å². The molecule has 10 heteroatoms. The van der Waals surface area contributed by atoms with Crippen LogP contribution in [0, 0.1) is 0 Å². The molecular weight excluding hydrogens is 476 g/mol. The molecular formula is C24H38N2O6S2. The van der Waals surface area contributed by atoms with Crippen LogP contribution < -0.4 is 0 Å². The van der Waals surface area contributed by atoms with E-state index in [1.165, 1.54) is 36.8 Å². The summed E-state index contributed by atoms with van der Waals surface area (Å²) in [4.78, 5) is 5.09. The highest BCUT2D eigenvalue weighted by Gasteiger charge is 2.26. The second kappa shape index (κ2) is 14.6. The van der Waals surface area contributed by atoms with Crippen molar-refractivity contribution in [3.63, 3.8) is 0 Å². The van der Waals surface area contributed by atoms with Gasteiger partial charge in [-0.1, -0.05) is 60.7 Å². The van der Waals surface area contributed by atoms with Gasteiger partial charge in [0.15, 0.2) is 0 Å². The van der Waals surface area contributed by atoms with Crippen molar-refractivity contribution < 1.29 is 25.9 Å². The van der Waals surface area contributed by atoms with Gasteiger partial charge in [0.1, 0.15) is 0 Å². The molecule has 0 atom stereocenters. The van der Waals surface area contributed by atoms with Gasteiger partial charge >= 0.3 is 0 Å². The molecule has 1 aliphatic carbocycles. The zero-order valence-corrected chi connectivity index (χ0v) is 22.0. The predicted molar refractivity (Wildman–Crippen MR) is 137 cm³/mol. The molecule has 0 heterocycles. The Morgan fingerprint density at radius 2 is 0.971 bits per heavy atom. The van der Waals surface area contributed by atoms with Crippen LogP contribution in [0.3, 0.4) is 0 Å². The van der Waals surface area contributed by atoms with Gasteiger partial charge in [-0.05, 0) is 50.9 Å². The number of nitrogens with zero attached hydrogens (tertiary/aromatic N) is 2. The highest BCUT2D eigenvalue weighted by atomic mass is 32.2. The van der Waals surface area contributed by atoms with Gasteiger partial charge in [-0.25, -0.2) is 0 Å². The topological polar surface area (TPSA) is 115 Å². The van der Waals surface area contributed by atoms with Crippen molar-refractivity contribution in [3.05, 3.63) is 71.8 Å². The number of rotatable bonds is 6. The van der Waals surface area contributed by atoms with Crippen molar-refractivity contribution in [1.82, 2.24) is 9.80 Å². The van der Waals surface area contributed by atoms with E-state index >= 15 is 0 Å². The Balaban J connectivity index is 0.000000489. The van der Waals surface area contributed by atoms with Gasteiger partial charge in [0.2, 0.25) is 0 Å². The normalized spacial score (nSPS) is 18.5. The monoisotopic (exact) mass is 514 g/mol. The molecule has 0 aliphatic heterocycles. The van der Waals surface area contributed by atoms with Gasteiger partial charge in [0.05, 0.1) is 12.5 Å². The molecule has 0 spiro atoms. The first-order valence-electron chi connectivity index (χ1n) is 11.1. The third kappa shape index (κ3) is 15.9. The molecule has 1 saturated carbocycles. The second-order valence-corrected chi connectivity index (χ2v) is 11.7. The van der Waals surface area contributed by atoms with Gasteiger partial charge in [-0.15, -0.1) is 0 Å². The molecule has 0 bridgehead atoms. The average Bonchev–Trinajstić information content (AvgIpc) is 2.72. The van der Waals surface area contributed by atoms with Crippen LogP contribution in [0.25, 0.3) is 0 Å². The van der Waals surface area contributed by atoms with E-state index in [1.807, 2.05) is 0 Å². The highest BCUT2D eigenvalue weighted by molar-refractivity contribution is 7.85. The third-order valence-corrected chi connectivity index (χ3v) is 5.37. The summed E-state index contributed by atoms with van der Waals surface area (Å²) < 4.78 is 51.7. The first kappa shape index (κ1) is 30.2. The van der Waals surface area contributed by atoms with E-state index in [-0.39, 0.29) is 0 Å². The van der Waals surface area contributed by atoms with E-state index in [1.54, 1.807) is 0 Å². The average molecular weight is 515 g/mol. The quantitative estimate of drug-likeness (QED) is 0.562. The molecule has 1 fully saturated rings. The fourth-order valence-electron chi connectivity index (χ4n) is 3.89. The van der Waals surface area contributed by atoms with Crippen LogP contribution in [0.2, 0.25) is 0 Å². The maximum atomic E-state index is 9.19. The molecule has 2 N–H and O–H groups in total. The molecule has 2 aromatic carbocycles. The Kier molecular flexibility index (Phi) is 12.9. The zero-order chi connectivity index (χ0) is 25.8. The maximum absolute atomic E-state index is 9.19. The molecule has 0 amide bonds. The predicted octanol–water partition coefficient (Wildman–Crippen LogP) is 3.57. The fraction of sp³-hybridized carbons (Fsp3) is 0.500. The standard InChI is InChI=1S/C22H30N2.2CH4O3S/c1-23(2)21-13-15-22(16-14-21)24(17-19-9-5-3-6-10-19)18-20-11-7-4-8-12-20;2*1-5(2,3)4/h3-12,21-22H,13-18H2,1-2H3;2*1H3,(H,2,3,4)/t21-,22-;;. The Morgan fingerprint density at radius 3 is 1.26 bits per heavy atom. The summed E-state index contributed by atoms with van der Waals surface area (Å²) in [7, 11) is -2.90. The lowest BCUT2D eigenvalue weighted by molar-refractivity contribution is 0.106. The maximum Gasteiger partial charge on any atom is 0.261 e. The smallest absolute Gasteiger partial charge is 0.261 e. The molecule has 2 aromatic rings. The van der Waals surface area contributed by atoms with Crippen molar-refractivity contribution in [2.24, 2.45) is 0 Å². The summed E-state index contributed by atoms with van der Waals surface area (Å²) in [6.45, 7) is 2.10. The lowest BCUT2D eigenvalue weighted by Crippen LogP contribution is -2.41. The van der Waals surface area contributed by atoms with Crippen LogP contribution in [-0.4, -0.2) is 74.4 Å². The summed E-state index contributed by atoms with van der Waals surface area (Å²) in [6.07, 6.45) is 6.68. The van der Waals surface area contributed by atoms with Crippen LogP contribution in [0.1, 0.15) is 36.8 Å². The molecule has 8 nitrogen and oxygen atoms in total. The third-order valence-electron chi connectivity index (χ3n) is 5.37. The largest absolute Gasteiger partial charge is 0.306 e. The van der Waals surface area contributed by atoms with Crippen molar-refractivity contribution >= 4 is 20.2 Å². The Labute approximate surface area is 205 Å². The SMILES string of the molecule is CN(C)[C@H]1CC[C@H](N(Cc2ccccc2)Cc2ccccc2)CC1.CS(=O)(=O)O.CS(=O)(=O)O. The van der Waals surface area contributed by atoms with Crippen molar-refractivity contribution in [1.29, 1.82) is 0 Å². The Bertz CT molecular complexity index is 934. The van der Waals surface area contributed by atoms with Crippen LogP contribution in [0.5, 0.6) is 0 Å². The highest BCUT2D eigenvalue weighted by Crippen LogP contribution is 2.27. The van der Waals surface area contributed by atoms with Crippen LogP contribution in [0.15, 0.2) is 60.7 Å². The molecule has 3 rings (SSSR count). The van der Waals surface area contributed by atoms with Gasteiger partial charge in [0.25, 0.3) is 20.2 Å². The first-order valence-corrected chi connectivity index (χ1v) is 14.7. The van der Waals surface area contributed by atoms with Crippen molar-refractivity contribution in [2.75, 3.05) is 26.6 Å². The summed E-state index contributed by atoms with van der Waals surface area (Å²) in [5.41, 5.74) is 2.84. The Hall–Kier alpha value is -1.82. The number of hydrogen-bond acceptors (Lipinski definition) is 6. The van der Waals surface area contributed by atoms with E-state index in [0.29, 0.717) is 18.6 Å². The fourth-order valence-corrected chi connectivity index (χ4v) is 3.89. The minimum absolute atomic E-state index is 0.696. The van der Waals surface area contributed by atoms with E-state index in [9.17, 15) is 16.8 Å². The first-order chi connectivity index (χ1) is 15.7.